The van der Waals surface area contributed by atoms with Gasteiger partial charge in [-0.3, -0.25) is 19.7 Å². The predicted octanol–water partition coefficient (Wildman–Crippen LogP) is 4.08. The number of carbonyl (C=O) groups excluding carboxylic acids is 3. The van der Waals surface area contributed by atoms with E-state index in [0.717, 1.165) is 11.8 Å². The van der Waals surface area contributed by atoms with Crippen LogP contribution in [-0.4, -0.2) is 30.3 Å². The molecule has 9 heteroatoms. The lowest BCUT2D eigenvalue weighted by atomic mass is 10.2. The highest BCUT2D eigenvalue weighted by Gasteiger charge is 2.25. The molecule has 0 spiro atoms. The van der Waals surface area contributed by atoms with Gasteiger partial charge in [0.05, 0.1) is 11.5 Å². The summed E-state index contributed by atoms with van der Waals surface area (Å²) in [5.74, 6) is 0.0244. The minimum absolute atomic E-state index is 0.222. The van der Waals surface area contributed by atoms with Gasteiger partial charge in [-0.2, -0.15) is 0 Å². The van der Waals surface area contributed by atoms with Crippen molar-refractivity contribution in [2.75, 3.05) is 18.5 Å². The maximum atomic E-state index is 12.1. The van der Waals surface area contributed by atoms with E-state index in [0.29, 0.717) is 39.3 Å². The SMILES string of the molecule is CCOc1cc(/C=C2\SC(=O)NC2=O)ccc1OCC(=O)Nc1cccc(Cl)c1. The van der Waals surface area contributed by atoms with Crippen LogP contribution in [-0.2, 0) is 9.59 Å². The van der Waals surface area contributed by atoms with Gasteiger partial charge in [0.1, 0.15) is 0 Å². The number of rotatable bonds is 7. The molecular formula is C20H17ClN2O5S. The molecule has 1 saturated heterocycles. The summed E-state index contributed by atoms with van der Waals surface area (Å²) >= 11 is 6.74. The number of anilines is 1. The first-order valence-electron chi connectivity index (χ1n) is 8.64. The first-order chi connectivity index (χ1) is 13.9. The standard InChI is InChI=1S/C20H17ClN2O5S/c1-2-27-16-8-12(9-17-19(25)23-20(26)29-17)6-7-15(16)28-11-18(24)22-14-5-3-4-13(21)10-14/h3-10H,2,11H2,1H3,(H,22,24)(H,23,25,26)/b17-9-. The van der Waals surface area contributed by atoms with Gasteiger partial charge in [0, 0.05) is 10.7 Å². The molecule has 0 aromatic heterocycles. The van der Waals surface area contributed by atoms with Crippen molar-refractivity contribution in [3.8, 4) is 11.5 Å². The molecular weight excluding hydrogens is 416 g/mol. The summed E-state index contributed by atoms with van der Waals surface area (Å²) in [5.41, 5.74) is 1.23. The second-order valence-electron chi connectivity index (χ2n) is 5.84. The molecule has 3 rings (SSSR count). The van der Waals surface area contributed by atoms with E-state index in [-0.39, 0.29) is 12.5 Å². The molecule has 29 heavy (non-hydrogen) atoms. The van der Waals surface area contributed by atoms with Crippen molar-refractivity contribution < 1.29 is 23.9 Å². The van der Waals surface area contributed by atoms with Crippen LogP contribution in [0.4, 0.5) is 10.5 Å². The van der Waals surface area contributed by atoms with Crippen molar-refractivity contribution in [2.45, 2.75) is 6.92 Å². The largest absolute Gasteiger partial charge is 0.490 e. The monoisotopic (exact) mass is 432 g/mol. The summed E-state index contributed by atoms with van der Waals surface area (Å²) in [6, 6.07) is 11.8. The normalized spacial score (nSPS) is 14.6. The number of halogens is 1. The molecule has 0 saturated carbocycles. The fourth-order valence-electron chi connectivity index (χ4n) is 2.48. The van der Waals surface area contributed by atoms with E-state index >= 15 is 0 Å². The van der Waals surface area contributed by atoms with Gasteiger partial charge in [-0.25, -0.2) is 0 Å². The Kier molecular flexibility index (Phi) is 6.79. The molecule has 1 aliphatic rings. The maximum Gasteiger partial charge on any atom is 0.290 e. The number of amides is 3. The van der Waals surface area contributed by atoms with Gasteiger partial charge in [0.15, 0.2) is 18.1 Å². The van der Waals surface area contributed by atoms with Crippen molar-refractivity contribution in [3.05, 3.63) is 58.0 Å². The van der Waals surface area contributed by atoms with Crippen LogP contribution in [0.1, 0.15) is 12.5 Å². The number of ether oxygens (including phenoxy) is 2. The van der Waals surface area contributed by atoms with Crippen LogP contribution in [0, 0.1) is 0 Å². The quantitative estimate of drug-likeness (QED) is 0.640. The number of thioether (sulfide) groups is 1. The van der Waals surface area contributed by atoms with Crippen LogP contribution in [0.25, 0.3) is 6.08 Å². The molecule has 7 nitrogen and oxygen atoms in total. The molecule has 2 N–H and O–H groups in total. The van der Waals surface area contributed by atoms with Gasteiger partial charge >= 0.3 is 0 Å². The van der Waals surface area contributed by atoms with Gasteiger partial charge in [-0.1, -0.05) is 23.7 Å². The van der Waals surface area contributed by atoms with E-state index in [1.54, 1.807) is 48.5 Å². The molecule has 1 aliphatic heterocycles. The first-order valence-corrected chi connectivity index (χ1v) is 9.84. The van der Waals surface area contributed by atoms with Crippen LogP contribution >= 0.6 is 23.4 Å². The molecule has 1 heterocycles. The van der Waals surface area contributed by atoms with Gasteiger partial charge < -0.3 is 14.8 Å². The summed E-state index contributed by atoms with van der Waals surface area (Å²) in [7, 11) is 0. The van der Waals surface area contributed by atoms with E-state index in [1.807, 2.05) is 6.92 Å². The number of imide groups is 1. The molecule has 0 radical (unpaired) electrons. The lowest BCUT2D eigenvalue weighted by Gasteiger charge is -2.13. The van der Waals surface area contributed by atoms with Crippen molar-refractivity contribution in [1.29, 1.82) is 0 Å². The highest BCUT2D eigenvalue weighted by Crippen LogP contribution is 2.31. The third-order valence-electron chi connectivity index (χ3n) is 3.67. The third-order valence-corrected chi connectivity index (χ3v) is 4.72. The molecule has 0 unspecified atom stereocenters. The van der Waals surface area contributed by atoms with Gasteiger partial charge in [-0.15, -0.1) is 0 Å². The Morgan fingerprint density at radius 3 is 2.69 bits per heavy atom. The Morgan fingerprint density at radius 1 is 1.17 bits per heavy atom. The van der Waals surface area contributed by atoms with Crippen LogP contribution < -0.4 is 20.1 Å². The number of hydrogen-bond acceptors (Lipinski definition) is 6. The van der Waals surface area contributed by atoms with Crippen LogP contribution in [0.15, 0.2) is 47.4 Å². The average Bonchev–Trinajstić information content (AvgIpc) is 2.98. The molecule has 0 atom stereocenters. The third kappa shape index (κ3) is 5.75. The first kappa shape index (κ1) is 20.8. The van der Waals surface area contributed by atoms with Crippen molar-refractivity contribution in [2.24, 2.45) is 0 Å². The summed E-state index contributed by atoms with van der Waals surface area (Å²) in [6.07, 6.45) is 1.59. The second kappa shape index (κ2) is 9.49. The van der Waals surface area contributed by atoms with Gasteiger partial charge in [0.2, 0.25) is 0 Å². The fraction of sp³-hybridized carbons (Fsp3) is 0.150. The van der Waals surface area contributed by atoms with Gasteiger partial charge in [-0.05, 0) is 60.7 Å². The Balaban J connectivity index is 1.68. The van der Waals surface area contributed by atoms with Crippen LogP contribution in [0.2, 0.25) is 5.02 Å². The Labute approximate surface area is 176 Å². The summed E-state index contributed by atoms with van der Waals surface area (Å²) in [6.45, 7) is 1.98. The molecule has 1 fully saturated rings. The summed E-state index contributed by atoms with van der Waals surface area (Å²) in [5, 5.41) is 5.01. The lowest BCUT2D eigenvalue weighted by molar-refractivity contribution is -0.118. The van der Waals surface area contributed by atoms with Crippen LogP contribution in [0.5, 0.6) is 11.5 Å². The lowest BCUT2D eigenvalue weighted by Crippen LogP contribution is -2.20. The minimum Gasteiger partial charge on any atom is -0.490 e. The number of benzene rings is 2. The number of nitrogens with one attached hydrogen (secondary N) is 2. The summed E-state index contributed by atoms with van der Waals surface area (Å²) in [4.78, 5) is 35.4. The zero-order valence-corrected chi connectivity index (χ0v) is 16.9. The zero-order chi connectivity index (χ0) is 20.8. The number of carbonyl (C=O) groups is 3. The van der Waals surface area contributed by atoms with Crippen molar-refractivity contribution in [1.82, 2.24) is 5.32 Å². The van der Waals surface area contributed by atoms with E-state index in [1.165, 1.54) is 0 Å². The van der Waals surface area contributed by atoms with E-state index in [4.69, 9.17) is 21.1 Å². The van der Waals surface area contributed by atoms with Crippen LogP contribution in [0.3, 0.4) is 0 Å². The molecule has 150 valence electrons. The molecule has 2 aromatic carbocycles. The average molecular weight is 433 g/mol. The Hall–Kier alpha value is -2.97. The highest BCUT2D eigenvalue weighted by molar-refractivity contribution is 8.18. The van der Waals surface area contributed by atoms with Gasteiger partial charge in [0.25, 0.3) is 17.1 Å². The molecule has 2 aromatic rings. The van der Waals surface area contributed by atoms with Crippen molar-refractivity contribution >= 4 is 52.2 Å². The van der Waals surface area contributed by atoms with E-state index in [2.05, 4.69) is 10.6 Å². The minimum atomic E-state index is -0.434. The van der Waals surface area contributed by atoms with E-state index < -0.39 is 11.1 Å². The summed E-state index contributed by atoms with van der Waals surface area (Å²) < 4.78 is 11.2. The zero-order valence-electron chi connectivity index (χ0n) is 15.4. The molecule has 3 amide bonds. The van der Waals surface area contributed by atoms with E-state index in [9.17, 15) is 14.4 Å². The molecule has 0 aliphatic carbocycles. The fourth-order valence-corrected chi connectivity index (χ4v) is 3.35. The predicted molar refractivity (Wildman–Crippen MR) is 112 cm³/mol. The Morgan fingerprint density at radius 2 is 2.00 bits per heavy atom. The molecule has 0 bridgehead atoms. The number of hydrogen-bond donors (Lipinski definition) is 2. The highest BCUT2D eigenvalue weighted by atomic mass is 35.5. The smallest absolute Gasteiger partial charge is 0.290 e. The van der Waals surface area contributed by atoms with Crippen molar-refractivity contribution in [3.63, 3.8) is 0 Å². The topological polar surface area (TPSA) is 93.7 Å². The maximum absolute atomic E-state index is 12.1. The second-order valence-corrected chi connectivity index (χ2v) is 7.29. The Bertz CT molecular complexity index is 993.